The van der Waals surface area contributed by atoms with Crippen LogP contribution in [0.25, 0.3) is 0 Å². The smallest absolute Gasteiger partial charge is 0.140 e. The van der Waals surface area contributed by atoms with E-state index in [1.807, 2.05) is 0 Å². The zero-order chi connectivity index (χ0) is 10.8. The van der Waals surface area contributed by atoms with Gasteiger partial charge in [0.15, 0.2) is 0 Å². The van der Waals surface area contributed by atoms with Gasteiger partial charge in [-0.15, -0.1) is 6.58 Å². The SMILES string of the molecule is C=CCC(=O)[C@H]1[C@H](C)C=CCC1(C)C. The summed E-state index contributed by atoms with van der Waals surface area (Å²) in [4.78, 5) is 11.9. The van der Waals surface area contributed by atoms with E-state index in [1.54, 1.807) is 6.08 Å². The Kier molecular flexibility index (Phi) is 3.30. The molecule has 0 radical (unpaired) electrons. The molecule has 1 aliphatic carbocycles. The maximum absolute atomic E-state index is 11.9. The molecule has 1 aliphatic rings. The Morgan fingerprint density at radius 2 is 2.29 bits per heavy atom. The third-order valence-corrected chi connectivity index (χ3v) is 3.14. The highest BCUT2D eigenvalue weighted by Gasteiger charge is 2.38. The van der Waals surface area contributed by atoms with E-state index in [0.29, 0.717) is 18.1 Å². The molecule has 78 valence electrons. The van der Waals surface area contributed by atoms with E-state index in [1.165, 1.54) is 0 Å². The number of allylic oxidation sites excluding steroid dienone is 3. The summed E-state index contributed by atoms with van der Waals surface area (Å²) >= 11 is 0. The summed E-state index contributed by atoms with van der Waals surface area (Å²) in [5.41, 5.74) is 0.105. The fourth-order valence-electron chi connectivity index (χ4n) is 2.53. The van der Waals surface area contributed by atoms with E-state index >= 15 is 0 Å². The minimum Gasteiger partial charge on any atom is -0.299 e. The van der Waals surface area contributed by atoms with Crippen LogP contribution >= 0.6 is 0 Å². The van der Waals surface area contributed by atoms with Crippen LogP contribution in [0.1, 0.15) is 33.6 Å². The molecule has 0 bridgehead atoms. The highest BCUT2D eigenvalue weighted by molar-refractivity contribution is 5.83. The van der Waals surface area contributed by atoms with Gasteiger partial charge in [-0.05, 0) is 17.8 Å². The van der Waals surface area contributed by atoms with Crippen molar-refractivity contribution in [2.24, 2.45) is 17.3 Å². The lowest BCUT2D eigenvalue weighted by Crippen LogP contribution is -2.37. The van der Waals surface area contributed by atoms with Gasteiger partial charge in [0, 0.05) is 12.3 Å². The Bertz CT molecular complexity index is 260. The van der Waals surface area contributed by atoms with Crippen molar-refractivity contribution in [3.8, 4) is 0 Å². The molecule has 0 N–H and O–H groups in total. The van der Waals surface area contributed by atoms with Crippen LogP contribution in [0, 0.1) is 17.3 Å². The topological polar surface area (TPSA) is 17.1 Å². The van der Waals surface area contributed by atoms with Crippen molar-refractivity contribution in [2.45, 2.75) is 33.6 Å². The molecule has 14 heavy (non-hydrogen) atoms. The normalized spacial score (nSPS) is 29.9. The van der Waals surface area contributed by atoms with Gasteiger partial charge >= 0.3 is 0 Å². The second-order valence-electron chi connectivity index (χ2n) is 4.92. The lowest BCUT2D eigenvalue weighted by Gasteiger charge is -2.38. The molecule has 0 spiro atoms. The van der Waals surface area contributed by atoms with Gasteiger partial charge in [0.2, 0.25) is 0 Å². The van der Waals surface area contributed by atoms with E-state index in [0.717, 1.165) is 6.42 Å². The Morgan fingerprint density at radius 1 is 1.64 bits per heavy atom. The predicted octanol–water partition coefficient (Wildman–Crippen LogP) is 3.37. The van der Waals surface area contributed by atoms with Gasteiger partial charge in [0.25, 0.3) is 0 Å². The fraction of sp³-hybridized carbons (Fsp3) is 0.615. The lowest BCUT2D eigenvalue weighted by molar-refractivity contribution is -0.127. The van der Waals surface area contributed by atoms with E-state index in [4.69, 9.17) is 0 Å². The molecule has 0 aliphatic heterocycles. The van der Waals surface area contributed by atoms with Crippen LogP contribution in [-0.4, -0.2) is 5.78 Å². The molecule has 1 rings (SSSR count). The second-order valence-corrected chi connectivity index (χ2v) is 4.92. The molecule has 0 saturated carbocycles. The van der Waals surface area contributed by atoms with Crippen LogP contribution < -0.4 is 0 Å². The third kappa shape index (κ3) is 2.14. The number of rotatable bonds is 3. The number of hydrogen-bond donors (Lipinski definition) is 0. The summed E-state index contributed by atoms with van der Waals surface area (Å²) in [5.74, 6) is 0.860. The van der Waals surface area contributed by atoms with Gasteiger partial charge < -0.3 is 0 Å². The maximum Gasteiger partial charge on any atom is 0.140 e. The molecule has 0 aromatic rings. The molecule has 1 heteroatoms. The molecule has 0 fully saturated rings. The van der Waals surface area contributed by atoms with E-state index in [-0.39, 0.29) is 11.3 Å². The van der Waals surface area contributed by atoms with Crippen molar-refractivity contribution in [3.05, 3.63) is 24.8 Å². The van der Waals surface area contributed by atoms with Gasteiger partial charge in [0.05, 0.1) is 0 Å². The van der Waals surface area contributed by atoms with E-state index < -0.39 is 0 Å². The summed E-state index contributed by atoms with van der Waals surface area (Å²) in [7, 11) is 0. The first-order valence-corrected chi connectivity index (χ1v) is 5.29. The van der Waals surface area contributed by atoms with Gasteiger partial charge in [-0.25, -0.2) is 0 Å². The molecule has 0 aromatic carbocycles. The van der Waals surface area contributed by atoms with Crippen molar-refractivity contribution in [1.82, 2.24) is 0 Å². The van der Waals surface area contributed by atoms with Gasteiger partial charge in [-0.1, -0.05) is 39.0 Å². The van der Waals surface area contributed by atoms with Gasteiger partial charge in [-0.2, -0.15) is 0 Å². The summed E-state index contributed by atoms with van der Waals surface area (Å²) in [6.07, 6.45) is 7.58. The van der Waals surface area contributed by atoms with Gasteiger partial charge in [-0.3, -0.25) is 4.79 Å². The van der Waals surface area contributed by atoms with Crippen molar-refractivity contribution >= 4 is 5.78 Å². The number of ketones is 1. The van der Waals surface area contributed by atoms with Crippen LogP contribution in [0.5, 0.6) is 0 Å². The average Bonchev–Trinajstić information content (AvgIpc) is 2.02. The number of Topliss-reactive ketones (excluding diaryl/α,β-unsaturated/α-hetero) is 1. The quantitative estimate of drug-likeness (QED) is 0.626. The first-order valence-electron chi connectivity index (χ1n) is 5.29. The highest BCUT2D eigenvalue weighted by Crippen LogP contribution is 2.41. The van der Waals surface area contributed by atoms with Crippen LogP contribution in [0.2, 0.25) is 0 Å². The summed E-state index contributed by atoms with van der Waals surface area (Å²) < 4.78 is 0. The molecule has 2 atom stereocenters. The minimum absolute atomic E-state index is 0.105. The van der Waals surface area contributed by atoms with E-state index in [9.17, 15) is 4.79 Å². The van der Waals surface area contributed by atoms with Gasteiger partial charge in [0.1, 0.15) is 5.78 Å². The van der Waals surface area contributed by atoms with Crippen molar-refractivity contribution < 1.29 is 4.79 Å². The Hall–Kier alpha value is -0.850. The highest BCUT2D eigenvalue weighted by atomic mass is 16.1. The molecule has 0 unspecified atom stereocenters. The zero-order valence-electron chi connectivity index (χ0n) is 9.42. The molecule has 0 amide bonds. The molecule has 0 aromatic heterocycles. The molecule has 0 saturated heterocycles. The summed E-state index contributed by atoms with van der Waals surface area (Å²) in [5, 5.41) is 0. The summed E-state index contributed by atoms with van der Waals surface area (Å²) in [6, 6.07) is 0. The second kappa shape index (κ2) is 4.12. The fourth-order valence-corrected chi connectivity index (χ4v) is 2.53. The van der Waals surface area contributed by atoms with Crippen molar-refractivity contribution in [1.29, 1.82) is 0 Å². The van der Waals surface area contributed by atoms with Crippen LogP contribution in [0.4, 0.5) is 0 Å². The summed E-state index contributed by atoms with van der Waals surface area (Å²) in [6.45, 7) is 10.1. The first-order chi connectivity index (χ1) is 6.49. The largest absolute Gasteiger partial charge is 0.299 e. The van der Waals surface area contributed by atoms with Crippen LogP contribution in [0.15, 0.2) is 24.8 Å². The minimum atomic E-state index is 0.105. The van der Waals surface area contributed by atoms with Crippen LogP contribution in [0.3, 0.4) is 0 Å². The average molecular weight is 192 g/mol. The lowest BCUT2D eigenvalue weighted by atomic mass is 9.65. The number of carbonyl (C=O) groups excluding carboxylic acids is 1. The Labute approximate surface area is 86.9 Å². The first kappa shape index (κ1) is 11.2. The monoisotopic (exact) mass is 192 g/mol. The van der Waals surface area contributed by atoms with Crippen molar-refractivity contribution in [3.63, 3.8) is 0 Å². The van der Waals surface area contributed by atoms with E-state index in [2.05, 4.69) is 39.5 Å². The Balaban J connectivity index is 2.87. The Morgan fingerprint density at radius 3 is 2.79 bits per heavy atom. The number of carbonyl (C=O) groups is 1. The molecule has 0 heterocycles. The molecule has 1 nitrogen and oxygen atoms in total. The molecular weight excluding hydrogens is 172 g/mol. The zero-order valence-corrected chi connectivity index (χ0v) is 9.42. The maximum atomic E-state index is 11.9. The van der Waals surface area contributed by atoms with Crippen molar-refractivity contribution in [2.75, 3.05) is 0 Å². The standard InChI is InChI=1S/C13H20O/c1-5-7-11(14)12-10(2)8-6-9-13(12,3)4/h5-6,8,10,12H,1,7,9H2,2-4H3/t10-,12-/m1/s1. The number of hydrogen-bond acceptors (Lipinski definition) is 1. The molecular formula is C13H20O. The van der Waals surface area contributed by atoms with Crippen LogP contribution in [-0.2, 0) is 4.79 Å². The predicted molar refractivity (Wildman–Crippen MR) is 60.0 cm³/mol. The third-order valence-electron chi connectivity index (χ3n) is 3.14.